The summed E-state index contributed by atoms with van der Waals surface area (Å²) < 4.78 is 25.6. The van der Waals surface area contributed by atoms with Crippen LogP contribution in [0.5, 0.6) is 23.0 Å². The highest BCUT2D eigenvalue weighted by atomic mass is 35.5. The third-order valence-electron chi connectivity index (χ3n) is 13.5. The lowest BCUT2D eigenvalue weighted by molar-refractivity contribution is -0.144. The Morgan fingerprint density at radius 3 is 2.67 bits per heavy atom. The van der Waals surface area contributed by atoms with E-state index in [0.29, 0.717) is 42.9 Å². The summed E-state index contributed by atoms with van der Waals surface area (Å²) in [6, 6.07) is 22.0. The minimum atomic E-state index is -1.10. The second kappa shape index (κ2) is 17.0. The zero-order valence-corrected chi connectivity index (χ0v) is 35.2. The van der Waals surface area contributed by atoms with Crippen LogP contribution in [0.1, 0.15) is 99.1 Å². The van der Waals surface area contributed by atoms with Gasteiger partial charge in [0.2, 0.25) is 0 Å². The number of aliphatic carboxylic acids is 1. The lowest BCUT2D eigenvalue weighted by atomic mass is 9.59. The number of carbonyl (C=O) groups is 1. The maximum absolute atomic E-state index is 13.2. The summed E-state index contributed by atoms with van der Waals surface area (Å²) in [5, 5.41) is 14.8. The fraction of sp³-hybridized carbons (Fsp3) is 0.500. The number of halogens is 1. The van der Waals surface area contributed by atoms with Crippen molar-refractivity contribution < 1.29 is 28.8 Å². The number of para-hydroxylation sites is 1. The molecule has 0 unspecified atom stereocenters. The van der Waals surface area contributed by atoms with Gasteiger partial charge in [0, 0.05) is 53.2 Å². The highest BCUT2D eigenvalue weighted by Crippen LogP contribution is 2.58. The number of methoxy groups -OCH3 is 1. The molecule has 4 atom stereocenters. The quantitative estimate of drug-likeness (QED) is 0.137. The molecule has 0 bridgehead atoms. The number of rotatable bonds is 13. The van der Waals surface area contributed by atoms with Gasteiger partial charge >= 0.3 is 5.97 Å². The molecule has 1 aliphatic heterocycles. The van der Waals surface area contributed by atoms with E-state index >= 15 is 0 Å². The largest absolute Gasteiger partial charge is 0.496 e. The van der Waals surface area contributed by atoms with E-state index in [1.807, 2.05) is 54.7 Å². The van der Waals surface area contributed by atoms with Gasteiger partial charge in [-0.25, -0.2) is 4.79 Å². The molecule has 4 aliphatic rings. The number of aromatic nitrogens is 1. The lowest BCUT2D eigenvalue weighted by Gasteiger charge is -2.47. The van der Waals surface area contributed by atoms with Gasteiger partial charge < -0.3 is 29.4 Å². The molecular formula is C48H58ClN3O6. The molecular weight excluding hydrogens is 750 g/mol. The molecule has 3 aliphatic carbocycles. The molecule has 0 amide bonds. The number of benzene rings is 3. The Balaban J connectivity index is 1.05. The van der Waals surface area contributed by atoms with E-state index in [4.69, 9.17) is 35.5 Å². The molecule has 1 fully saturated rings. The van der Waals surface area contributed by atoms with E-state index < -0.39 is 11.5 Å². The van der Waals surface area contributed by atoms with E-state index in [0.717, 1.165) is 92.3 Å². The molecule has 10 heteroatoms. The number of ether oxygens (including phenoxy) is 4. The Kier molecular flexibility index (Phi) is 11.8. The predicted octanol–water partition coefficient (Wildman–Crippen LogP) is 9.87. The number of carboxylic acids is 1. The van der Waals surface area contributed by atoms with Crippen LogP contribution in [0.4, 0.5) is 5.69 Å². The first-order valence-electron chi connectivity index (χ1n) is 21.2. The fourth-order valence-electron chi connectivity index (χ4n) is 10.5. The molecule has 1 spiro atoms. The fourth-order valence-corrected chi connectivity index (χ4v) is 10.7. The van der Waals surface area contributed by atoms with Crippen LogP contribution < -0.4 is 24.3 Å². The standard InChI is InChI=1S/C48H58ClN3O6/c1-31(30-57-42-15-21-50-40-13-7-9-32(2)45(40)42)23-35-24-34-25-43-44(58-38(16-22-56-43)29-52(3)28-33-10-5-6-14-41(33)55-4)27-39(34)47(35)17-19-48(20-18-47,46(53)54)51-37-12-8-11-36(49)26-37/h5-6,8,10-12,14-15,21,25-27,31-32,35,38,51H,7,9,13,16-20,22-24,28-30H2,1-4H3,(H,53,54)/t31-,32-,35+,38-,47?,48?/m1/s1. The van der Waals surface area contributed by atoms with Gasteiger partial charge in [-0.15, -0.1) is 0 Å². The van der Waals surface area contributed by atoms with E-state index in [1.165, 1.54) is 28.8 Å². The Morgan fingerprint density at radius 2 is 1.88 bits per heavy atom. The van der Waals surface area contributed by atoms with Gasteiger partial charge in [-0.05, 0) is 142 Å². The van der Waals surface area contributed by atoms with Gasteiger partial charge in [-0.2, -0.15) is 0 Å². The van der Waals surface area contributed by atoms with Crippen molar-refractivity contribution in [2.75, 3.05) is 39.2 Å². The van der Waals surface area contributed by atoms with Crippen molar-refractivity contribution in [3.63, 3.8) is 0 Å². The topological polar surface area (TPSA) is 102 Å². The van der Waals surface area contributed by atoms with E-state index in [9.17, 15) is 9.90 Å². The number of likely N-dealkylation sites (N-methyl/N-ethyl adjacent to an activating group) is 1. The van der Waals surface area contributed by atoms with Crippen LogP contribution in [0.25, 0.3) is 0 Å². The lowest BCUT2D eigenvalue weighted by Crippen LogP contribution is -2.53. The zero-order chi connectivity index (χ0) is 40.4. The molecule has 1 saturated carbocycles. The van der Waals surface area contributed by atoms with Gasteiger partial charge in [0.05, 0.1) is 20.3 Å². The average molecular weight is 808 g/mol. The molecule has 1 aromatic heterocycles. The van der Waals surface area contributed by atoms with E-state index in [-0.39, 0.29) is 17.4 Å². The van der Waals surface area contributed by atoms with Crippen LogP contribution in [-0.4, -0.2) is 66.5 Å². The summed E-state index contributed by atoms with van der Waals surface area (Å²) in [5.74, 6) is 3.65. The SMILES string of the molecule is COc1ccccc1CN(C)C[C@H]1CCOc2cc3c(cc2O1)C1(CCC(Nc2cccc(Cl)c2)(C(=O)O)CC1)[C@@H](C[C@@H](C)COc1ccnc2c1[C@H](C)CCC2)C3. The molecule has 8 rings (SSSR count). The summed E-state index contributed by atoms with van der Waals surface area (Å²) >= 11 is 6.34. The summed E-state index contributed by atoms with van der Waals surface area (Å²) in [6.07, 6.45) is 10.3. The van der Waals surface area contributed by atoms with Gasteiger partial charge in [0.1, 0.15) is 23.1 Å². The third kappa shape index (κ3) is 8.22. The van der Waals surface area contributed by atoms with E-state index in [1.54, 1.807) is 7.11 Å². The van der Waals surface area contributed by atoms with Crippen LogP contribution in [0.2, 0.25) is 5.02 Å². The Labute approximate surface area is 348 Å². The number of hydrogen-bond acceptors (Lipinski definition) is 8. The van der Waals surface area contributed by atoms with Crippen molar-refractivity contribution in [1.29, 1.82) is 0 Å². The minimum absolute atomic E-state index is 0.0566. The van der Waals surface area contributed by atoms with Crippen molar-refractivity contribution in [1.82, 2.24) is 9.88 Å². The number of anilines is 1. The number of pyridine rings is 1. The molecule has 2 N–H and O–H groups in total. The third-order valence-corrected chi connectivity index (χ3v) is 13.7. The van der Waals surface area contributed by atoms with Crippen LogP contribution in [0, 0.1) is 11.8 Å². The van der Waals surface area contributed by atoms with Gasteiger partial charge in [0.15, 0.2) is 11.5 Å². The summed E-state index contributed by atoms with van der Waals surface area (Å²) in [5.41, 5.74) is 5.58. The normalized spacial score (nSPS) is 25.4. The molecule has 58 heavy (non-hydrogen) atoms. The first-order chi connectivity index (χ1) is 28.1. The molecule has 2 heterocycles. The molecule has 4 aromatic rings. The van der Waals surface area contributed by atoms with Gasteiger partial charge in [-0.1, -0.05) is 49.7 Å². The van der Waals surface area contributed by atoms with Crippen molar-refractivity contribution in [3.05, 3.63) is 106 Å². The average Bonchev–Trinajstić information content (AvgIpc) is 3.33. The van der Waals surface area contributed by atoms with Gasteiger partial charge in [0.25, 0.3) is 0 Å². The second-order valence-electron chi connectivity index (χ2n) is 17.5. The van der Waals surface area contributed by atoms with Crippen LogP contribution in [-0.2, 0) is 29.6 Å². The van der Waals surface area contributed by atoms with Gasteiger partial charge in [-0.3, -0.25) is 9.88 Å². The first-order valence-corrected chi connectivity index (χ1v) is 21.6. The smallest absolute Gasteiger partial charge is 0.329 e. The predicted molar refractivity (Wildman–Crippen MR) is 228 cm³/mol. The molecule has 3 aromatic carbocycles. The number of nitrogens with zero attached hydrogens (tertiary/aromatic N) is 2. The maximum atomic E-state index is 13.2. The molecule has 308 valence electrons. The molecule has 9 nitrogen and oxygen atoms in total. The first kappa shape index (κ1) is 40.3. The Bertz CT molecular complexity index is 2100. The van der Waals surface area contributed by atoms with Crippen LogP contribution in [0.3, 0.4) is 0 Å². The van der Waals surface area contributed by atoms with Crippen molar-refractivity contribution in [3.8, 4) is 23.0 Å². The molecule has 0 saturated heterocycles. The highest BCUT2D eigenvalue weighted by Gasteiger charge is 2.54. The maximum Gasteiger partial charge on any atom is 0.329 e. The number of nitrogens with one attached hydrogen (secondary N) is 1. The van der Waals surface area contributed by atoms with Crippen molar-refractivity contribution >= 4 is 23.3 Å². The van der Waals surface area contributed by atoms with Crippen molar-refractivity contribution in [2.45, 2.75) is 108 Å². The zero-order valence-electron chi connectivity index (χ0n) is 34.4. The number of fused-ring (bicyclic) bond motifs is 4. The molecule has 0 radical (unpaired) electrons. The summed E-state index contributed by atoms with van der Waals surface area (Å²) in [6.45, 7) is 7.26. The highest BCUT2D eigenvalue weighted by molar-refractivity contribution is 6.30. The number of carboxylic acid groups (broad SMARTS) is 1. The van der Waals surface area contributed by atoms with Crippen LogP contribution in [0.15, 0.2) is 72.9 Å². The Morgan fingerprint density at radius 1 is 1.05 bits per heavy atom. The minimum Gasteiger partial charge on any atom is -0.496 e. The second-order valence-corrected chi connectivity index (χ2v) is 18.0. The van der Waals surface area contributed by atoms with E-state index in [2.05, 4.69) is 49.3 Å². The monoisotopic (exact) mass is 807 g/mol. The summed E-state index contributed by atoms with van der Waals surface area (Å²) in [4.78, 5) is 20.1. The van der Waals surface area contributed by atoms with Crippen LogP contribution >= 0.6 is 11.6 Å². The number of aryl methyl sites for hydroxylation is 1. The number of hydrogen-bond donors (Lipinski definition) is 2. The Hall–Kier alpha value is -4.47. The summed E-state index contributed by atoms with van der Waals surface area (Å²) in [7, 11) is 3.83. The van der Waals surface area contributed by atoms with Crippen molar-refractivity contribution in [2.24, 2.45) is 11.8 Å².